The summed E-state index contributed by atoms with van der Waals surface area (Å²) >= 11 is 6.03. The summed E-state index contributed by atoms with van der Waals surface area (Å²) in [5.74, 6) is -0.505. The van der Waals surface area contributed by atoms with E-state index in [0.29, 0.717) is 22.8 Å². The maximum absolute atomic E-state index is 12.2. The minimum absolute atomic E-state index is 0.142. The Balaban J connectivity index is 2.04. The Morgan fingerprint density at radius 1 is 1.17 bits per heavy atom. The Labute approximate surface area is 146 Å². The van der Waals surface area contributed by atoms with Gasteiger partial charge in [0.2, 0.25) is 5.91 Å². The van der Waals surface area contributed by atoms with E-state index in [0.717, 1.165) is 5.56 Å². The van der Waals surface area contributed by atoms with Crippen LogP contribution in [0, 0.1) is 0 Å². The van der Waals surface area contributed by atoms with E-state index in [2.05, 4.69) is 10.6 Å². The molecule has 0 aliphatic rings. The normalized spacial score (nSPS) is 11.6. The third-order valence-corrected chi connectivity index (χ3v) is 3.79. The molecule has 0 radical (unpaired) electrons. The summed E-state index contributed by atoms with van der Waals surface area (Å²) < 4.78 is 0. The molecular formula is C18H20ClN3O2. The molecule has 126 valence electrons. The van der Waals surface area contributed by atoms with Gasteiger partial charge in [0.25, 0.3) is 5.91 Å². The van der Waals surface area contributed by atoms with Gasteiger partial charge >= 0.3 is 0 Å². The fourth-order valence-corrected chi connectivity index (χ4v) is 2.47. The van der Waals surface area contributed by atoms with Gasteiger partial charge in [-0.3, -0.25) is 9.59 Å². The summed E-state index contributed by atoms with van der Waals surface area (Å²) in [6.07, 6.45) is 0.142. The van der Waals surface area contributed by atoms with Gasteiger partial charge in [-0.2, -0.15) is 0 Å². The summed E-state index contributed by atoms with van der Waals surface area (Å²) in [6, 6.07) is 13.8. The molecule has 2 aromatic rings. The van der Waals surface area contributed by atoms with E-state index in [1.807, 2.05) is 37.3 Å². The van der Waals surface area contributed by atoms with Crippen LogP contribution in [0.3, 0.4) is 0 Å². The number of amides is 2. The quantitative estimate of drug-likeness (QED) is 0.752. The number of halogens is 1. The molecule has 6 heteroatoms. The molecule has 5 nitrogen and oxygen atoms in total. The van der Waals surface area contributed by atoms with Crippen LogP contribution in [0.15, 0.2) is 48.5 Å². The van der Waals surface area contributed by atoms with Gasteiger partial charge in [0, 0.05) is 24.7 Å². The van der Waals surface area contributed by atoms with Gasteiger partial charge in [0.1, 0.15) is 0 Å². The van der Waals surface area contributed by atoms with E-state index >= 15 is 0 Å². The molecule has 0 aliphatic heterocycles. The molecule has 0 saturated heterocycles. The molecule has 24 heavy (non-hydrogen) atoms. The van der Waals surface area contributed by atoms with Crippen LogP contribution in [-0.2, 0) is 4.79 Å². The minimum Gasteiger partial charge on any atom is -0.352 e. The lowest BCUT2D eigenvalue weighted by atomic mass is 10.0. The Bertz CT molecular complexity index is 719. The predicted octanol–water partition coefficient (Wildman–Crippen LogP) is 3.12. The fraction of sp³-hybridized carbons (Fsp3) is 0.222. The molecule has 0 spiro atoms. The molecule has 0 saturated carbocycles. The van der Waals surface area contributed by atoms with Crippen LogP contribution in [-0.4, -0.2) is 18.4 Å². The Kier molecular flexibility index (Phi) is 6.35. The van der Waals surface area contributed by atoms with E-state index in [-0.39, 0.29) is 24.3 Å². The van der Waals surface area contributed by atoms with Gasteiger partial charge in [-0.1, -0.05) is 41.9 Å². The van der Waals surface area contributed by atoms with Crippen LogP contribution in [0.25, 0.3) is 0 Å². The third-order valence-electron chi connectivity index (χ3n) is 3.47. The average molecular weight is 346 g/mol. The molecule has 0 aromatic heterocycles. The van der Waals surface area contributed by atoms with Crippen molar-refractivity contribution >= 4 is 29.1 Å². The zero-order valence-corrected chi connectivity index (χ0v) is 14.1. The molecule has 1 atom stereocenters. The van der Waals surface area contributed by atoms with Crippen molar-refractivity contribution in [3.05, 3.63) is 64.7 Å². The van der Waals surface area contributed by atoms with Gasteiger partial charge in [-0.25, -0.2) is 0 Å². The molecule has 0 heterocycles. The van der Waals surface area contributed by atoms with Crippen molar-refractivity contribution < 1.29 is 9.59 Å². The van der Waals surface area contributed by atoms with Crippen molar-refractivity contribution in [1.82, 2.24) is 5.32 Å². The lowest BCUT2D eigenvalue weighted by Crippen LogP contribution is -2.24. The summed E-state index contributed by atoms with van der Waals surface area (Å²) in [6.45, 7) is 2.32. The third kappa shape index (κ3) is 4.81. The number of nitrogens with two attached hydrogens (primary N) is 1. The number of benzene rings is 2. The number of carbonyl (C=O) groups excluding carboxylic acids is 2. The first-order chi connectivity index (χ1) is 11.5. The topological polar surface area (TPSA) is 84.2 Å². The maximum atomic E-state index is 12.2. The largest absolute Gasteiger partial charge is 0.352 e. The summed E-state index contributed by atoms with van der Waals surface area (Å²) in [5, 5.41) is 5.76. The average Bonchev–Trinajstić information content (AvgIpc) is 2.57. The van der Waals surface area contributed by atoms with E-state index in [1.165, 1.54) is 0 Å². The number of hydrogen-bond donors (Lipinski definition) is 3. The Morgan fingerprint density at radius 3 is 2.54 bits per heavy atom. The Morgan fingerprint density at radius 2 is 1.88 bits per heavy atom. The van der Waals surface area contributed by atoms with Gasteiger partial charge in [0.05, 0.1) is 10.6 Å². The number of nitrogens with one attached hydrogen (secondary N) is 2. The second-order valence-corrected chi connectivity index (χ2v) is 5.73. The highest BCUT2D eigenvalue weighted by Crippen LogP contribution is 2.21. The maximum Gasteiger partial charge on any atom is 0.252 e. The number of carbonyl (C=O) groups is 2. The first kappa shape index (κ1) is 18.0. The van der Waals surface area contributed by atoms with Crippen LogP contribution >= 0.6 is 11.6 Å². The second kappa shape index (κ2) is 8.47. The molecule has 0 bridgehead atoms. The highest BCUT2D eigenvalue weighted by Gasteiger charge is 2.14. The minimum atomic E-state index is -0.388. The molecule has 4 N–H and O–H groups in total. The van der Waals surface area contributed by atoms with Crippen LogP contribution in [0.5, 0.6) is 0 Å². The predicted molar refractivity (Wildman–Crippen MR) is 96.1 cm³/mol. The van der Waals surface area contributed by atoms with Gasteiger partial charge in [-0.15, -0.1) is 0 Å². The highest BCUT2D eigenvalue weighted by molar-refractivity contribution is 6.34. The van der Waals surface area contributed by atoms with E-state index in [9.17, 15) is 9.59 Å². The SMILES string of the molecule is CCNC(=O)c1cc(NC(=O)CC(N)c2ccccc2)ccc1Cl. The van der Waals surface area contributed by atoms with Crippen molar-refractivity contribution in [2.75, 3.05) is 11.9 Å². The lowest BCUT2D eigenvalue weighted by molar-refractivity contribution is -0.116. The van der Waals surface area contributed by atoms with Crippen molar-refractivity contribution in [2.45, 2.75) is 19.4 Å². The van der Waals surface area contributed by atoms with Crippen LogP contribution in [0.1, 0.15) is 35.3 Å². The zero-order chi connectivity index (χ0) is 17.5. The van der Waals surface area contributed by atoms with Crippen LogP contribution in [0.2, 0.25) is 5.02 Å². The smallest absolute Gasteiger partial charge is 0.252 e. The molecule has 2 rings (SSSR count). The summed E-state index contributed by atoms with van der Waals surface area (Å²) in [5.41, 5.74) is 7.77. The molecule has 2 amide bonds. The lowest BCUT2D eigenvalue weighted by Gasteiger charge is -2.13. The van der Waals surface area contributed by atoms with Crippen LogP contribution in [0.4, 0.5) is 5.69 Å². The Hall–Kier alpha value is -2.37. The highest BCUT2D eigenvalue weighted by atomic mass is 35.5. The standard InChI is InChI=1S/C18H20ClN3O2/c1-2-21-18(24)14-10-13(8-9-15(14)19)22-17(23)11-16(20)12-6-4-3-5-7-12/h3-10,16H,2,11,20H2,1H3,(H,21,24)(H,22,23). The molecular weight excluding hydrogens is 326 g/mol. The van der Waals surface area contributed by atoms with Crippen molar-refractivity contribution in [2.24, 2.45) is 5.73 Å². The number of hydrogen-bond acceptors (Lipinski definition) is 3. The number of anilines is 1. The second-order valence-electron chi connectivity index (χ2n) is 5.32. The monoisotopic (exact) mass is 345 g/mol. The first-order valence-electron chi connectivity index (χ1n) is 7.69. The fourth-order valence-electron chi connectivity index (χ4n) is 2.26. The van der Waals surface area contributed by atoms with E-state index < -0.39 is 0 Å². The molecule has 0 aliphatic carbocycles. The summed E-state index contributed by atoms with van der Waals surface area (Å²) in [4.78, 5) is 24.1. The van der Waals surface area contributed by atoms with Crippen molar-refractivity contribution in [3.8, 4) is 0 Å². The van der Waals surface area contributed by atoms with E-state index in [4.69, 9.17) is 17.3 Å². The summed E-state index contributed by atoms with van der Waals surface area (Å²) in [7, 11) is 0. The van der Waals surface area contributed by atoms with Gasteiger partial charge in [-0.05, 0) is 30.7 Å². The molecule has 1 unspecified atom stereocenters. The van der Waals surface area contributed by atoms with Crippen molar-refractivity contribution in [1.29, 1.82) is 0 Å². The number of rotatable bonds is 6. The van der Waals surface area contributed by atoms with Gasteiger partial charge in [0.15, 0.2) is 0 Å². The van der Waals surface area contributed by atoms with Crippen LogP contribution < -0.4 is 16.4 Å². The zero-order valence-electron chi connectivity index (χ0n) is 13.4. The van der Waals surface area contributed by atoms with Crippen molar-refractivity contribution in [3.63, 3.8) is 0 Å². The molecule has 2 aromatic carbocycles. The first-order valence-corrected chi connectivity index (χ1v) is 8.07. The molecule has 0 fully saturated rings. The van der Waals surface area contributed by atoms with Gasteiger partial charge < -0.3 is 16.4 Å². The van der Waals surface area contributed by atoms with E-state index in [1.54, 1.807) is 18.2 Å².